The molecule has 24 heavy (non-hydrogen) atoms. The normalized spacial score (nSPS) is 25.4. The van der Waals surface area contributed by atoms with Crippen molar-refractivity contribution in [1.29, 1.82) is 0 Å². The molecule has 1 unspecified atom stereocenters. The van der Waals surface area contributed by atoms with Gasteiger partial charge in [0.05, 0.1) is 12.2 Å². The van der Waals surface area contributed by atoms with Gasteiger partial charge in [0.25, 0.3) is 0 Å². The third-order valence-corrected chi connectivity index (χ3v) is 6.27. The number of likely N-dealkylation sites (tertiary alicyclic amines) is 1. The summed E-state index contributed by atoms with van der Waals surface area (Å²) in [5.41, 5.74) is -0.632. The highest BCUT2D eigenvalue weighted by Gasteiger charge is 2.42. The highest BCUT2D eigenvalue weighted by Crippen LogP contribution is 2.26. The van der Waals surface area contributed by atoms with Gasteiger partial charge in [-0.05, 0) is 32.8 Å². The number of piperazine rings is 1. The molecule has 2 rings (SSSR count). The van der Waals surface area contributed by atoms with E-state index >= 15 is 0 Å². The quantitative estimate of drug-likeness (QED) is 0.681. The second-order valence-corrected chi connectivity index (χ2v) is 9.14. The standard InChI is InChI=1S/C16H27N3O4S/c1-5-14(20)17-8-6-7-13(11-17)15(21)18-9-10-19(24(4,22)23)16(2,3)12-18/h5,13H,1,6-12H2,2-4H3. The van der Waals surface area contributed by atoms with Crippen LogP contribution in [0.4, 0.5) is 0 Å². The summed E-state index contributed by atoms with van der Waals surface area (Å²) in [6.07, 6.45) is 4.03. The first-order chi connectivity index (χ1) is 11.1. The number of piperidine rings is 1. The first-order valence-electron chi connectivity index (χ1n) is 8.24. The highest BCUT2D eigenvalue weighted by atomic mass is 32.2. The van der Waals surface area contributed by atoms with Crippen LogP contribution in [0.5, 0.6) is 0 Å². The van der Waals surface area contributed by atoms with E-state index in [1.54, 1.807) is 9.80 Å². The van der Waals surface area contributed by atoms with E-state index < -0.39 is 15.6 Å². The number of amides is 2. The summed E-state index contributed by atoms with van der Waals surface area (Å²) in [7, 11) is -3.30. The zero-order valence-corrected chi connectivity index (χ0v) is 15.5. The maximum absolute atomic E-state index is 12.8. The van der Waals surface area contributed by atoms with Crippen LogP contribution in [0.2, 0.25) is 0 Å². The van der Waals surface area contributed by atoms with Crippen molar-refractivity contribution in [2.75, 3.05) is 39.0 Å². The lowest BCUT2D eigenvalue weighted by Crippen LogP contribution is -2.62. The van der Waals surface area contributed by atoms with Crippen LogP contribution in [0.3, 0.4) is 0 Å². The van der Waals surface area contributed by atoms with Crippen LogP contribution in [0.25, 0.3) is 0 Å². The molecule has 0 bridgehead atoms. The van der Waals surface area contributed by atoms with Crippen LogP contribution >= 0.6 is 0 Å². The lowest BCUT2D eigenvalue weighted by molar-refractivity contribution is -0.142. The Morgan fingerprint density at radius 1 is 1.17 bits per heavy atom. The fourth-order valence-corrected chi connectivity index (χ4v) is 5.08. The number of nitrogens with zero attached hydrogens (tertiary/aromatic N) is 3. The fourth-order valence-electron chi connectivity index (χ4n) is 3.71. The van der Waals surface area contributed by atoms with E-state index in [2.05, 4.69) is 6.58 Å². The molecular formula is C16H27N3O4S. The van der Waals surface area contributed by atoms with Crippen molar-refractivity contribution in [3.8, 4) is 0 Å². The second-order valence-electron chi connectivity index (χ2n) is 7.23. The monoisotopic (exact) mass is 357 g/mol. The summed E-state index contributed by atoms with van der Waals surface area (Å²) in [5.74, 6) is -0.351. The Morgan fingerprint density at radius 3 is 2.38 bits per heavy atom. The average molecular weight is 357 g/mol. The number of carbonyl (C=O) groups is 2. The molecule has 2 heterocycles. The van der Waals surface area contributed by atoms with Crippen molar-refractivity contribution in [2.45, 2.75) is 32.2 Å². The minimum Gasteiger partial charge on any atom is -0.339 e. The summed E-state index contributed by atoms with van der Waals surface area (Å²) in [6, 6.07) is 0. The SMILES string of the molecule is C=CC(=O)N1CCCC(C(=O)N2CCN(S(C)(=O)=O)C(C)(C)C2)C1. The maximum atomic E-state index is 12.8. The third kappa shape index (κ3) is 3.97. The van der Waals surface area contributed by atoms with Gasteiger partial charge in [-0.25, -0.2) is 8.42 Å². The Balaban J connectivity index is 2.06. The van der Waals surface area contributed by atoms with Gasteiger partial charge in [0.2, 0.25) is 21.8 Å². The van der Waals surface area contributed by atoms with E-state index in [0.717, 1.165) is 12.8 Å². The van der Waals surface area contributed by atoms with Gasteiger partial charge in [0.1, 0.15) is 0 Å². The lowest BCUT2D eigenvalue weighted by Gasteiger charge is -2.46. The topological polar surface area (TPSA) is 78.0 Å². The number of hydrogen-bond donors (Lipinski definition) is 0. The summed E-state index contributed by atoms with van der Waals surface area (Å²) >= 11 is 0. The molecule has 0 aliphatic carbocycles. The molecule has 8 heteroatoms. The molecule has 0 radical (unpaired) electrons. The molecule has 1 atom stereocenters. The lowest BCUT2D eigenvalue weighted by atomic mass is 9.94. The zero-order valence-electron chi connectivity index (χ0n) is 14.7. The molecule has 2 amide bonds. The largest absolute Gasteiger partial charge is 0.339 e. The van der Waals surface area contributed by atoms with Gasteiger partial charge in [0.15, 0.2) is 0 Å². The molecular weight excluding hydrogens is 330 g/mol. The van der Waals surface area contributed by atoms with E-state index in [9.17, 15) is 18.0 Å². The van der Waals surface area contributed by atoms with Crippen molar-refractivity contribution in [1.82, 2.24) is 14.1 Å². The van der Waals surface area contributed by atoms with Crippen LogP contribution in [0.15, 0.2) is 12.7 Å². The summed E-state index contributed by atoms with van der Waals surface area (Å²) in [5, 5.41) is 0. The number of carbonyl (C=O) groups excluding carboxylic acids is 2. The molecule has 0 aromatic carbocycles. The van der Waals surface area contributed by atoms with Gasteiger partial charge in [-0.3, -0.25) is 9.59 Å². The zero-order chi connectivity index (χ0) is 18.1. The minimum atomic E-state index is -3.30. The van der Waals surface area contributed by atoms with Crippen molar-refractivity contribution < 1.29 is 18.0 Å². The van der Waals surface area contributed by atoms with Crippen molar-refractivity contribution in [3.63, 3.8) is 0 Å². The Hall–Kier alpha value is -1.41. The van der Waals surface area contributed by atoms with Crippen molar-refractivity contribution in [3.05, 3.63) is 12.7 Å². The van der Waals surface area contributed by atoms with Crippen molar-refractivity contribution >= 4 is 21.8 Å². The molecule has 0 aromatic rings. The molecule has 0 N–H and O–H groups in total. The minimum absolute atomic E-state index is 0.0118. The summed E-state index contributed by atoms with van der Waals surface area (Å²) < 4.78 is 25.3. The number of sulfonamides is 1. The van der Waals surface area contributed by atoms with Crippen LogP contribution in [-0.4, -0.2) is 78.9 Å². The van der Waals surface area contributed by atoms with Crippen LogP contribution in [-0.2, 0) is 19.6 Å². The van der Waals surface area contributed by atoms with E-state index in [1.165, 1.54) is 16.6 Å². The Labute approximate surface area is 144 Å². The predicted molar refractivity (Wildman–Crippen MR) is 91.7 cm³/mol. The molecule has 0 saturated carbocycles. The Kier molecular flexibility index (Phi) is 5.39. The van der Waals surface area contributed by atoms with E-state index in [0.29, 0.717) is 32.7 Å². The molecule has 2 fully saturated rings. The Bertz CT molecular complexity index is 629. The van der Waals surface area contributed by atoms with Gasteiger partial charge < -0.3 is 9.80 Å². The first-order valence-corrected chi connectivity index (χ1v) is 10.1. The Morgan fingerprint density at radius 2 is 1.83 bits per heavy atom. The smallest absolute Gasteiger partial charge is 0.245 e. The second kappa shape index (κ2) is 6.84. The average Bonchev–Trinajstić information content (AvgIpc) is 2.51. The highest BCUT2D eigenvalue weighted by molar-refractivity contribution is 7.88. The van der Waals surface area contributed by atoms with Crippen LogP contribution in [0, 0.1) is 5.92 Å². The van der Waals surface area contributed by atoms with E-state index in [-0.39, 0.29) is 17.7 Å². The van der Waals surface area contributed by atoms with Crippen molar-refractivity contribution in [2.24, 2.45) is 5.92 Å². The van der Waals surface area contributed by atoms with E-state index in [4.69, 9.17) is 0 Å². The molecule has 2 aliphatic heterocycles. The molecule has 2 aliphatic rings. The van der Waals surface area contributed by atoms with Crippen LogP contribution in [0.1, 0.15) is 26.7 Å². The fraction of sp³-hybridized carbons (Fsp3) is 0.750. The molecule has 7 nitrogen and oxygen atoms in total. The molecule has 0 spiro atoms. The third-order valence-electron chi connectivity index (χ3n) is 4.79. The number of rotatable bonds is 3. The summed E-state index contributed by atoms with van der Waals surface area (Å²) in [4.78, 5) is 28.0. The van der Waals surface area contributed by atoms with Gasteiger partial charge in [-0.2, -0.15) is 4.31 Å². The first kappa shape index (κ1) is 18.9. The molecule has 2 saturated heterocycles. The van der Waals surface area contributed by atoms with Crippen LogP contribution < -0.4 is 0 Å². The van der Waals surface area contributed by atoms with Gasteiger partial charge in [-0.15, -0.1) is 0 Å². The van der Waals surface area contributed by atoms with E-state index in [1.807, 2.05) is 13.8 Å². The molecule has 0 aromatic heterocycles. The van der Waals surface area contributed by atoms with Gasteiger partial charge in [0, 0.05) is 38.3 Å². The summed E-state index contributed by atoms with van der Waals surface area (Å²) in [6.45, 7) is 9.30. The van der Waals surface area contributed by atoms with Gasteiger partial charge in [-0.1, -0.05) is 6.58 Å². The molecule has 136 valence electrons. The predicted octanol–water partition coefficient (Wildman–Crippen LogP) is 0.293. The number of hydrogen-bond acceptors (Lipinski definition) is 4. The maximum Gasteiger partial charge on any atom is 0.245 e. The van der Waals surface area contributed by atoms with Gasteiger partial charge >= 0.3 is 0 Å².